The monoisotopic (exact) mass is 398 g/mol. The number of alkyl halides is 1. The first-order valence-corrected chi connectivity index (χ1v) is 6.86. The number of benzene rings is 1. The third kappa shape index (κ3) is 3.27. The van der Waals surface area contributed by atoms with E-state index < -0.39 is 4.32 Å². The lowest BCUT2D eigenvalue weighted by Gasteiger charge is -2.23. The molecule has 106 valence electrons. The van der Waals surface area contributed by atoms with E-state index in [2.05, 4.69) is 27.8 Å². The van der Waals surface area contributed by atoms with E-state index in [1.807, 2.05) is 24.3 Å². The fraction of sp³-hybridized carbons (Fsp3) is 0.200. The second-order valence-electron chi connectivity index (χ2n) is 4.35. The topological polar surface area (TPSA) is 56.0 Å². The van der Waals surface area contributed by atoms with Crippen molar-refractivity contribution < 1.29 is 4.79 Å². The number of halogens is 2. The Balaban J connectivity index is 0.00000200. The van der Waals surface area contributed by atoms with Crippen LogP contribution >= 0.6 is 32.9 Å². The van der Waals surface area contributed by atoms with Gasteiger partial charge in [-0.2, -0.15) is 0 Å². The molecule has 0 radical (unpaired) electrons. The molecule has 5 heteroatoms. The van der Waals surface area contributed by atoms with Gasteiger partial charge >= 0.3 is 0 Å². The Morgan fingerprint density at radius 1 is 1.30 bits per heavy atom. The number of nitrogen functional groups attached to an aromatic ring is 1. The minimum atomic E-state index is -0.880. The van der Waals surface area contributed by atoms with Crippen LogP contribution in [0, 0.1) is 0 Å². The van der Waals surface area contributed by atoms with E-state index in [0.717, 1.165) is 23.8 Å². The van der Waals surface area contributed by atoms with Crippen molar-refractivity contribution in [3.63, 3.8) is 0 Å². The van der Waals surface area contributed by atoms with Crippen molar-refractivity contribution in [3.05, 3.63) is 59.3 Å². The van der Waals surface area contributed by atoms with Gasteiger partial charge in [-0.1, -0.05) is 47.1 Å². The Kier molecular flexibility index (Phi) is 5.89. The lowest BCUT2D eigenvalue weighted by atomic mass is 9.91. The second kappa shape index (κ2) is 6.99. The fourth-order valence-electron chi connectivity index (χ4n) is 1.99. The molecule has 1 heterocycles. The maximum absolute atomic E-state index is 11.6. The van der Waals surface area contributed by atoms with Crippen molar-refractivity contribution in [1.82, 2.24) is 4.98 Å². The number of carbonyl (C=O) groups is 1. The second-order valence-corrected chi connectivity index (χ2v) is 5.60. The van der Waals surface area contributed by atoms with Crippen LogP contribution in [0.2, 0.25) is 0 Å². The fourth-order valence-corrected chi connectivity index (χ4v) is 2.49. The van der Waals surface area contributed by atoms with E-state index >= 15 is 0 Å². The summed E-state index contributed by atoms with van der Waals surface area (Å²) in [4.78, 5) is 15.6. The van der Waals surface area contributed by atoms with Gasteiger partial charge in [0, 0.05) is 6.20 Å². The third-order valence-corrected chi connectivity index (χ3v) is 4.22. The van der Waals surface area contributed by atoms with Crippen LogP contribution in [-0.2, 0) is 15.5 Å². The summed E-state index contributed by atoms with van der Waals surface area (Å²) in [6.45, 7) is 2.08. The summed E-state index contributed by atoms with van der Waals surface area (Å²) in [5, 5.41) is 0. The molecule has 1 aromatic carbocycles. The molecule has 1 unspecified atom stereocenters. The summed E-state index contributed by atoms with van der Waals surface area (Å²) in [5.41, 5.74) is 8.56. The van der Waals surface area contributed by atoms with Crippen molar-refractivity contribution in [2.45, 2.75) is 17.7 Å². The summed E-state index contributed by atoms with van der Waals surface area (Å²) in [6, 6.07) is 11.5. The normalized spacial score (nSPS) is 13.1. The van der Waals surface area contributed by atoms with Crippen LogP contribution in [0.5, 0.6) is 0 Å². The van der Waals surface area contributed by atoms with Crippen molar-refractivity contribution in [2.24, 2.45) is 0 Å². The third-order valence-electron chi connectivity index (χ3n) is 3.12. The van der Waals surface area contributed by atoms with Crippen LogP contribution in [0.15, 0.2) is 42.6 Å². The predicted octanol–water partition coefficient (Wildman–Crippen LogP) is 3.64. The molecule has 0 saturated carbocycles. The number of nitrogens with two attached hydrogens (primary N) is 1. The molecule has 0 aliphatic heterocycles. The highest BCUT2D eigenvalue weighted by atomic mass is 79.9. The number of rotatable bonds is 4. The minimum Gasteiger partial charge on any atom is -0.384 e. The molecule has 1 aromatic heterocycles. The summed E-state index contributed by atoms with van der Waals surface area (Å²) in [5.74, 6) is 0.398. The lowest BCUT2D eigenvalue weighted by molar-refractivity contribution is -0.109. The van der Waals surface area contributed by atoms with Crippen molar-refractivity contribution in [2.75, 3.05) is 5.73 Å². The molecule has 2 rings (SSSR count). The number of hydrogen-bond donors (Lipinski definition) is 1. The van der Waals surface area contributed by atoms with Crippen LogP contribution < -0.4 is 5.73 Å². The highest BCUT2D eigenvalue weighted by Crippen LogP contribution is 2.37. The van der Waals surface area contributed by atoms with Gasteiger partial charge in [-0.15, -0.1) is 17.0 Å². The van der Waals surface area contributed by atoms with E-state index in [9.17, 15) is 4.79 Å². The van der Waals surface area contributed by atoms with Gasteiger partial charge in [0.15, 0.2) is 0 Å². The van der Waals surface area contributed by atoms with E-state index in [-0.39, 0.29) is 17.0 Å². The lowest BCUT2D eigenvalue weighted by Crippen LogP contribution is -2.22. The number of aromatic nitrogens is 1. The molecular formula is C15H16Br2N2O. The molecule has 0 fully saturated rings. The number of aldehydes is 1. The zero-order valence-corrected chi connectivity index (χ0v) is 14.3. The molecule has 1 atom stereocenters. The van der Waals surface area contributed by atoms with Gasteiger partial charge in [0.2, 0.25) is 0 Å². The standard InChI is InChI=1S/C15H15BrN2O.BrH/c1-2-11-4-3-5-12(8-11)15(16,10-19)13-6-7-18-14(17)9-13;/h3-10H,2H2,1H3,(H2,17,18);1H. The van der Waals surface area contributed by atoms with Crippen LogP contribution in [0.25, 0.3) is 0 Å². The zero-order chi connectivity index (χ0) is 13.9. The van der Waals surface area contributed by atoms with Gasteiger partial charge in [-0.25, -0.2) is 4.98 Å². The van der Waals surface area contributed by atoms with Crippen LogP contribution in [0.3, 0.4) is 0 Å². The van der Waals surface area contributed by atoms with Crippen molar-refractivity contribution >= 4 is 45.0 Å². The number of hydrogen-bond acceptors (Lipinski definition) is 3. The van der Waals surface area contributed by atoms with Gasteiger partial charge in [0.25, 0.3) is 0 Å². The maximum Gasteiger partial charge on any atom is 0.145 e. The van der Waals surface area contributed by atoms with Gasteiger partial charge in [0.1, 0.15) is 16.4 Å². The molecule has 2 N–H and O–H groups in total. The quantitative estimate of drug-likeness (QED) is 0.630. The molecular weight excluding hydrogens is 384 g/mol. The smallest absolute Gasteiger partial charge is 0.145 e. The van der Waals surface area contributed by atoms with E-state index in [1.165, 1.54) is 5.56 Å². The number of nitrogens with zero attached hydrogens (tertiary/aromatic N) is 1. The summed E-state index contributed by atoms with van der Waals surface area (Å²) < 4.78 is -0.880. The average Bonchev–Trinajstić information content (AvgIpc) is 2.46. The number of anilines is 1. The van der Waals surface area contributed by atoms with E-state index in [1.54, 1.807) is 18.3 Å². The van der Waals surface area contributed by atoms with Gasteiger partial charge < -0.3 is 10.5 Å². The molecule has 0 bridgehead atoms. The first kappa shape index (κ1) is 16.9. The van der Waals surface area contributed by atoms with Gasteiger partial charge in [-0.05, 0) is 35.2 Å². The van der Waals surface area contributed by atoms with Crippen molar-refractivity contribution in [3.8, 4) is 0 Å². The summed E-state index contributed by atoms with van der Waals surface area (Å²) >= 11 is 3.55. The molecule has 0 aliphatic rings. The first-order chi connectivity index (χ1) is 9.10. The van der Waals surface area contributed by atoms with Gasteiger partial charge in [-0.3, -0.25) is 0 Å². The zero-order valence-electron chi connectivity index (χ0n) is 11.0. The van der Waals surface area contributed by atoms with Gasteiger partial charge in [0.05, 0.1) is 0 Å². The highest BCUT2D eigenvalue weighted by molar-refractivity contribution is 9.10. The Bertz CT molecular complexity index is 604. The minimum absolute atomic E-state index is 0. The molecule has 0 spiro atoms. The first-order valence-electron chi connectivity index (χ1n) is 6.07. The molecule has 0 aliphatic carbocycles. The van der Waals surface area contributed by atoms with E-state index in [4.69, 9.17) is 5.73 Å². The maximum atomic E-state index is 11.6. The average molecular weight is 400 g/mol. The largest absolute Gasteiger partial charge is 0.384 e. The van der Waals surface area contributed by atoms with Crippen LogP contribution in [0.1, 0.15) is 23.6 Å². The predicted molar refractivity (Wildman–Crippen MR) is 90.6 cm³/mol. The van der Waals surface area contributed by atoms with E-state index in [0.29, 0.717) is 5.82 Å². The Labute approximate surface area is 137 Å². The van der Waals surface area contributed by atoms with Crippen molar-refractivity contribution in [1.29, 1.82) is 0 Å². The number of pyridine rings is 1. The SMILES string of the molecule is Br.CCc1cccc(C(Br)(C=O)c2ccnc(N)c2)c1. The molecule has 0 amide bonds. The van der Waals surface area contributed by atoms with Crippen LogP contribution in [0.4, 0.5) is 5.82 Å². The highest BCUT2D eigenvalue weighted by Gasteiger charge is 2.31. The molecule has 2 aromatic rings. The summed E-state index contributed by atoms with van der Waals surface area (Å²) in [6.07, 6.45) is 3.42. The molecule has 3 nitrogen and oxygen atoms in total. The summed E-state index contributed by atoms with van der Waals surface area (Å²) in [7, 11) is 0. The Morgan fingerprint density at radius 2 is 2.00 bits per heavy atom. The number of aryl methyl sites for hydroxylation is 1. The van der Waals surface area contributed by atoms with Crippen LogP contribution in [-0.4, -0.2) is 11.3 Å². The molecule has 20 heavy (non-hydrogen) atoms. The molecule has 0 saturated heterocycles. The Morgan fingerprint density at radius 3 is 2.60 bits per heavy atom. The Hall–Kier alpha value is -1.20. The number of carbonyl (C=O) groups excluding carboxylic acids is 1.